The van der Waals surface area contributed by atoms with E-state index < -0.39 is 18.5 Å². The number of nitrogens with zero attached hydrogens (tertiary/aromatic N) is 1. The van der Waals surface area contributed by atoms with Gasteiger partial charge in [-0.1, -0.05) is 30.3 Å². The van der Waals surface area contributed by atoms with Gasteiger partial charge in [-0.15, -0.1) is 0 Å². The van der Waals surface area contributed by atoms with E-state index in [4.69, 9.17) is 13.9 Å². The number of carbonyl (C=O) groups excluding carboxylic acids is 2. The second-order valence-electron chi connectivity index (χ2n) is 5.61. The first-order valence-corrected chi connectivity index (χ1v) is 8.21. The molecule has 3 aromatic rings. The molecule has 0 unspecified atom stereocenters. The van der Waals surface area contributed by atoms with Crippen molar-refractivity contribution in [3.05, 3.63) is 66.1 Å². The number of para-hydroxylation sites is 2. The molecule has 0 saturated heterocycles. The fourth-order valence-corrected chi connectivity index (χ4v) is 2.42. The summed E-state index contributed by atoms with van der Waals surface area (Å²) in [5.74, 6) is -0.0644. The highest BCUT2D eigenvalue weighted by molar-refractivity contribution is 5.96. The highest BCUT2D eigenvalue weighted by Gasteiger charge is 2.20. The zero-order chi connectivity index (χ0) is 19.2. The van der Waals surface area contributed by atoms with E-state index in [2.05, 4.69) is 10.3 Å². The van der Waals surface area contributed by atoms with Gasteiger partial charge in [-0.3, -0.25) is 4.79 Å². The third-order valence-corrected chi connectivity index (χ3v) is 3.73. The number of anilines is 1. The van der Waals surface area contributed by atoms with Crippen LogP contribution in [0.1, 0.15) is 16.2 Å². The van der Waals surface area contributed by atoms with Gasteiger partial charge in [0.05, 0.1) is 12.8 Å². The summed E-state index contributed by atoms with van der Waals surface area (Å²) in [4.78, 5) is 28.5. The Bertz CT molecular complexity index is 950. The lowest BCUT2D eigenvalue weighted by molar-refractivity contribution is -0.119. The summed E-state index contributed by atoms with van der Waals surface area (Å²) in [7, 11) is 1.50. The number of methoxy groups -OCH3 is 1. The summed E-state index contributed by atoms with van der Waals surface area (Å²) in [5, 5.41) is 2.63. The molecule has 1 aromatic heterocycles. The molecule has 2 aromatic carbocycles. The lowest BCUT2D eigenvalue weighted by atomic mass is 10.2. The number of rotatable bonds is 6. The number of aromatic nitrogens is 1. The zero-order valence-corrected chi connectivity index (χ0v) is 14.9. The predicted octanol–water partition coefficient (Wildman–Crippen LogP) is 3.45. The standard InChI is InChI=1S/C20H18N2O5/c1-13-18(22-19(27-13)14-8-4-3-5-9-14)20(24)26-12-17(23)21-15-10-6-7-11-16(15)25-2/h3-11H,12H2,1-2H3,(H,21,23). The first-order valence-electron chi connectivity index (χ1n) is 8.21. The van der Waals surface area contributed by atoms with Crippen molar-refractivity contribution in [2.75, 3.05) is 19.0 Å². The van der Waals surface area contributed by atoms with Gasteiger partial charge in [0.25, 0.3) is 5.91 Å². The summed E-state index contributed by atoms with van der Waals surface area (Å²) in [6.07, 6.45) is 0. The number of oxazole rings is 1. The number of aryl methyl sites for hydroxylation is 1. The van der Waals surface area contributed by atoms with Gasteiger partial charge in [-0.25, -0.2) is 9.78 Å². The fraction of sp³-hybridized carbons (Fsp3) is 0.150. The lowest BCUT2D eigenvalue weighted by Gasteiger charge is -2.09. The Kier molecular flexibility index (Phi) is 5.51. The fourth-order valence-electron chi connectivity index (χ4n) is 2.42. The Balaban J connectivity index is 1.62. The highest BCUT2D eigenvalue weighted by atomic mass is 16.5. The highest BCUT2D eigenvalue weighted by Crippen LogP contribution is 2.23. The van der Waals surface area contributed by atoms with Crippen molar-refractivity contribution in [1.29, 1.82) is 0 Å². The first kappa shape index (κ1) is 18.2. The molecular weight excluding hydrogens is 348 g/mol. The summed E-state index contributed by atoms with van der Waals surface area (Å²) in [6.45, 7) is 1.16. The molecule has 0 aliphatic heterocycles. The Morgan fingerprint density at radius 1 is 1.07 bits per heavy atom. The molecule has 0 aliphatic carbocycles. The molecule has 0 fully saturated rings. The molecule has 0 aliphatic rings. The van der Waals surface area contributed by atoms with E-state index in [-0.39, 0.29) is 5.69 Å². The maximum absolute atomic E-state index is 12.2. The van der Waals surface area contributed by atoms with Crippen LogP contribution in [0, 0.1) is 6.92 Å². The molecule has 1 N–H and O–H groups in total. The van der Waals surface area contributed by atoms with Crippen LogP contribution in [0.2, 0.25) is 0 Å². The number of benzene rings is 2. The van der Waals surface area contributed by atoms with Gasteiger partial charge >= 0.3 is 5.97 Å². The molecule has 1 amide bonds. The van der Waals surface area contributed by atoms with E-state index in [0.717, 1.165) is 5.56 Å². The Labute approximate surface area is 155 Å². The van der Waals surface area contributed by atoms with Crippen LogP contribution in [0.5, 0.6) is 5.75 Å². The van der Waals surface area contributed by atoms with E-state index in [9.17, 15) is 9.59 Å². The Morgan fingerprint density at radius 3 is 2.52 bits per heavy atom. The summed E-state index contributed by atoms with van der Waals surface area (Å²) in [5.41, 5.74) is 1.28. The second-order valence-corrected chi connectivity index (χ2v) is 5.61. The molecule has 7 heteroatoms. The Morgan fingerprint density at radius 2 is 1.78 bits per heavy atom. The molecular formula is C20H18N2O5. The van der Waals surface area contributed by atoms with Gasteiger partial charge in [0.15, 0.2) is 12.3 Å². The van der Waals surface area contributed by atoms with Crippen molar-refractivity contribution in [3.8, 4) is 17.2 Å². The molecule has 0 spiro atoms. The Hall–Kier alpha value is -3.61. The van der Waals surface area contributed by atoms with Gasteiger partial charge in [-0.2, -0.15) is 0 Å². The number of carbonyl (C=O) groups is 2. The number of hydrogen-bond donors (Lipinski definition) is 1. The van der Waals surface area contributed by atoms with E-state index in [1.165, 1.54) is 7.11 Å². The molecule has 138 valence electrons. The van der Waals surface area contributed by atoms with E-state index >= 15 is 0 Å². The molecule has 27 heavy (non-hydrogen) atoms. The molecule has 0 bridgehead atoms. The number of ether oxygens (including phenoxy) is 2. The van der Waals surface area contributed by atoms with Crippen molar-refractivity contribution in [2.45, 2.75) is 6.92 Å². The third-order valence-electron chi connectivity index (χ3n) is 3.73. The van der Waals surface area contributed by atoms with Crippen LogP contribution in [-0.4, -0.2) is 30.6 Å². The SMILES string of the molecule is COc1ccccc1NC(=O)COC(=O)c1nc(-c2ccccc2)oc1C. The summed E-state index contributed by atoms with van der Waals surface area (Å²) in [6, 6.07) is 16.1. The van der Waals surface area contributed by atoms with Crippen molar-refractivity contribution < 1.29 is 23.5 Å². The quantitative estimate of drug-likeness (QED) is 0.672. The van der Waals surface area contributed by atoms with Crippen LogP contribution >= 0.6 is 0 Å². The molecule has 0 saturated carbocycles. The van der Waals surface area contributed by atoms with E-state index in [1.807, 2.05) is 30.3 Å². The van der Waals surface area contributed by atoms with Gasteiger partial charge in [0.2, 0.25) is 5.89 Å². The third kappa shape index (κ3) is 4.33. The molecule has 0 atom stereocenters. The maximum atomic E-state index is 12.2. The van der Waals surface area contributed by atoms with E-state index in [1.54, 1.807) is 31.2 Å². The van der Waals surface area contributed by atoms with Crippen LogP contribution in [-0.2, 0) is 9.53 Å². The normalized spacial score (nSPS) is 10.3. The molecule has 0 radical (unpaired) electrons. The average Bonchev–Trinajstić information content (AvgIpc) is 3.09. The van der Waals surface area contributed by atoms with Gasteiger partial charge in [-0.05, 0) is 31.2 Å². The lowest BCUT2D eigenvalue weighted by Crippen LogP contribution is -2.21. The van der Waals surface area contributed by atoms with Crippen LogP contribution < -0.4 is 10.1 Å². The van der Waals surface area contributed by atoms with Crippen molar-refractivity contribution in [2.24, 2.45) is 0 Å². The number of esters is 1. The zero-order valence-electron chi connectivity index (χ0n) is 14.9. The summed E-state index contributed by atoms with van der Waals surface area (Å²) >= 11 is 0. The van der Waals surface area contributed by atoms with Gasteiger partial charge < -0.3 is 19.2 Å². The molecule has 7 nitrogen and oxygen atoms in total. The van der Waals surface area contributed by atoms with Crippen LogP contribution in [0.4, 0.5) is 5.69 Å². The minimum absolute atomic E-state index is 0.0407. The molecule has 3 rings (SSSR count). The first-order chi connectivity index (χ1) is 13.1. The monoisotopic (exact) mass is 366 g/mol. The number of amides is 1. The van der Waals surface area contributed by atoms with Crippen molar-refractivity contribution in [1.82, 2.24) is 4.98 Å². The second kappa shape index (κ2) is 8.18. The van der Waals surface area contributed by atoms with Crippen molar-refractivity contribution in [3.63, 3.8) is 0 Å². The largest absolute Gasteiger partial charge is 0.495 e. The van der Waals surface area contributed by atoms with Gasteiger partial charge in [0, 0.05) is 5.56 Å². The minimum atomic E-state index is -0.728. The smallest absolute Gasteiger partial charge is 0.361 e. The predicted molar refractivity (Wildman–Crippen MR) is 98.6 cm³/mol. The topological polar surface area (TPSA) is 90.7 Å². The van der Waals surface area contributed by atoms with Gasteiger partial charge in [0.1, 0.15) is 11.5 Å². The summed E-state index contributed by atoms with van der Waals surface area (Å²) < 4.78 is 15.7. The van der Waals surface area contributed by atoms with Crippen LogP contribution in [0.3, 0.4) is 0 Å². The van der Waals surface area contributed by atoms with Crippen molar-refractivity contribution >= 4 is 17.6 Å². The number of nitrogens with one attached hydrogen (secondary N) is 1. The number of hydrogen-bond acceptors (Lipinski definition) is 6. The van der Waals surface area contributed by atoms with Crippen LogP contribution in [0.15, 0.2) is 59.0 Å². The van der Waals surface area contributed by atoms with E-state index in [0.29, 0.717) is 23.1 Å². The minimum Gasteiger partial charge on any atom is -0.495 e. The molecule has 1 heterocycles. The maximum Gasteiger partial charge on any atom is 0.361 e. The average molecular weight is 366 g/mol. The van der Waals surface area contributed by atoms with Crippen LogP contribution in [0.25, 0.3) is 11.5 Å².